The van der Waals surface area contributed by atoms with E-state index < -0.39 is 17.7 Å². The van der Waals surface area contributed by atoms with E-state index in [2.05, 4.69) is 15.9 Å². The van der Waals surface area contributed by atoms with Crippen LogP contribution in [0.3, 0.4) is 0 Å². The van der Waals surface area contributed by atoms with Gasteiger partial charge in [-0.05, 0) is 39.9 Å². The number of thioether (sulfide) groups is 1. The summed E-state index contributed by atoms with van der Waals surface area (Å²) in [6.07, 6.45) is -2.83. The minimum Gasteiger partial charge on any atom is -0.478 e. The summed E-state index contributed by atoms with van der Waals surface area (Å²) < 4.78 is 38.1. The molecule has 0 unspecified atom stereocenters. The number of hydrogen-bond donors (Lipinski definition) is 1. The number of benzene rings is 1. The van der Waals surface area contributed by atoms with Gasteiger partial charge in [0.2, 0.25) is 0 Å². The number of aromatic carboxylic acids is 1. The van der Waals surface area contributed by atoms with Gasteiger partial charge in [0.15, 0.2) is 0 Å². The minimum atomic E-state index is -4.48. The van der Waals surface area contributed by atoms with Crippen molar-refractivity contribution in [3.8, 4) is 0 Å². The van der Waals surface area contributed by atoms with Crippen molar-refractivity contribution in [3.05, 3.63) is 33.3 Å². The van der Waals surface area contributed by atoms with Crippen LogP contribution in [0.1, 0.15) is 21.5 Å². The molecule has 0 radical (unpaired) electrons. The van der Waals surface area contributed by atoms with Gasteiger partial charge in [-0.1, -0.05) is 0 Å². The van der Waals surface area contributed by atoms with Crippen molar-refractivity contribution in [1.29, 1.82) is 0 Å². The summed E-state index contributed by atoms with van der Waals surface area (Å²) in [7, 11) is 0. The largest absolute Gasteiger partial charge is 0.478 e. The van der Waals surface area contributed by atoms with E-state index >= 15 is 0 Å². The van der Waals surface area contributed by atoms with E-state index in [1.807, 2.05) is 0 Å². The molecule has 2 nitrogen and oxygen atoms in total. The van der Waals surface area contributed by atoms with Crippen molar-refractivity contribution < 1.29 is 23.1 Å². The second-order valence-corrected chi connectivity index (χ2v) is 4.85. The van der Waals surface area contributed by atoms with Gasteiger partial charge in [0.05, 0.1) is 11.1 Å². The van der Waals surface area contributed by atoms with E-state index in [1.54, 1.807) is 6.26 Å². The van der Waals surface area contributed by atoms with Crippen LogP contribution in [0.15, 0.2) is 16.6 Å². The Balaban J connectivity index is 3.45. The molecule has 17 heavy (non-hydrogen) atoms. The first-order valence-electron chi connectivity index (χ1n) is 4.39. The molecular formula is C10H8BrF3O2S. The highest BCUT2D eigenvalue weighted by Crippen LogP contribution is 2.38. The molecule has 0 fully saturated rings. The zero-order chi connectivity index (χ0) is 13.2. The normalized spacial score (nSPS) is 11.6. The van der Waals surface area contributed by atoms with Crippen LogP contribution in [0, 0.1) is 0 Å². The molecule has 0 heterocycles. The first-order valence-corrected chi connectivity index (χ1v) is 6.58. The van der Waals surface area contributed by atoms with Crippen LogP contribution < -0.4 is 0 Å². The van der Waals surface area contributed by atoms with E-state index in [0.29, 0.717) is 0 Å². The topological polar surface area (TPSA) is 37.3 Å². The smallest absolute Gasteiger partial charge is 0.416 e. The average molecular weight is 329 g/mol. The molecule has 0 bridgehead atoms. The Morgan fingerprint density at radius 3 is 2.47 bits per heavy atom. The maximum Gasteiger partial charge on any atom is 0.416 e. The summed E-state index contributed by atoms with van der Waals surface area (Å²) in [5, 5.41) is 8.83. The highest BCUT2D eigenvalue weighted by atomic mass is 79.9. The highest BCUT2D eigenvalue weighted by Gasteiger charge is 2.34. The summed E-state index contributed by atoms with van der Waals surface area (Å²) in [6.45, 7) is 0. The van der Waals surface area contributed by atoms with Crippen LogP contribution in [0.5, 0.6) is 0 Å². The molecule has 0 spiro atoms. The number of hydrogen-bond acceptors (Lipinski definition) is 2. The molecule has 0 aromatic heterocycles. The summed E-state index contributed by atoms with van der Waals surface area (Å²) in [5.41, 5.74) is -1.00. The second kappa shape index (κ2) is 5.30. The molecule has 0 saturated heterocycles. The van der Waals surface area contributed by atoms with Crippen molar-refractivity contribution in [2.45, 2.75) is 11.9 Å². The van der Waals surface area contributed by atoms with Crippen LogP contribution in [0.4, 0.5) is 13.2 Å². The third kappa shape index (κ3) is 3.16. The summed E-state index contributed by atoms with van der Waals surface area (Å²) in [4.78, 5) is 10.8. The molecule has 0 aliphatic rings. The molecule has 94 valence electrons. The number of carboxylic acids is 1. The quantitative estimate of drug-likeness (QED) is 0.910. The highest BCUT2D eigenvalue weighted by molar-refractivity contribution is 9.10. The van der Waals surface area contributed by atoms with Crippen LogP contribution in [0.25, 0.3) is 0 Å². The Morgan fingerprint density at radius 1 is 1.47 bits per heavy atom. The van der Waals surface area contributed by atoms with Crippen molar-refractivity contribution in [3.63, 3.8) is 0 Å². The Labute approximate surface area is 108 Å². The number of halogens is 4. The van der Waals surface area contributed by atoms with Crippen LogP contribution in [0.2, 0.25) is 0 Å². The molecule has 1 aromatic rings. The molecule has 0 aliphatic heterocycles. The lowest BCUT2D eigenvalue weighted by Crippen LogP contribution is -2.11. The third-order valence-electron chi connectivity index (χ3n) is 2.07. The fraction of sp³-hybridized carbons (Fsp3) is 0.300. The SMILES string of the molecule is CSCc1c(C(F)(F)F)ccc(C(=O)O)c1Br. The van der Waals surface area contributed by atoms with E-state index in [4.69, 9.17) is 5.11 Å². The number of alkyl halides is 3. The van der Waals surface area contributed by atoms with Gasteiger partial charge in [0.1, 0.15) is 0 Å². The van der Waals surface area contributed by atoms with Crippen molar-refractivity contribution >= 4 is 33.7 Å². The summed E-state index contributed by atoms with van der Waals surface area (Å²) in [5.74, 6) is -1.16. The lowest BCUT2D eigenvalue weighted by atomic mass is 10.0. The van der Waals surface area contributed by atoms with Gasteiger partial charge < -0.3 is 5.11 Å². The van der Waals surface area contributed by atoms with Crippen LogP contribution in [-0.4, -0.2) is 17.3 Å². The standard InChI is InChI=1S/C10H8BrF3O2S/c1-17-4-6-7(10(12,13)14)3-2-5(8(6)11)9(15)16/h2-3H,4H2,1H3,(H,15,16). The van der Waals surface area contributed by atoms with E-state index in [1.165, 1.54) is 11.8 Å². The van der Waals surface area contributed by atoms with Crippen molar-refractivity contribution in [2.75, 3.05) is 6.26 Å². The van der Waals surface area contributed by atoms with Crippen LogP contribution in [-0.2, 0) is 11.9 Å². The maximum atomic E-state index is 12.7. The first-order chi connectivity index (χ1) is 7.79. The third-order valence-corrected chi connectivity index (χ3v) is 3.55. The molecule has 1 rings (SSSR count). The van der Waals surface area contributed by atoms with Gasteiger partial charge in [0.25, 0.3) is 0 Å². The van der Waals surface area contributed by atoms with Gasteiger partial charge in [-0.15, -0.1) is 0 Å². The monoisotopic (exact) mass is 328 g/mol. The lowest BCUT2D eigenvalue weighted by Gasteiger charge is -2.15. The van der Waals surface area contributed by atoms with E-state index in [-0.39, 0.29) is 21.4 Å². The Hall–Kier alpha value is -0.690. The van der Waals surface area contributed by atoms with Crippen molar-refractivity contribution in [2.24, 2.45) is 0 Å². The average Bonchev–Trinajstić information content (AvgIpc) is 2.18. The number of carbonyl (C=O) groups is 1. The molecule has 0 amide bonds. The van der Waals surface area contributed by atoms with Gasteiger partial charge in [-0.25, -0.2) is 4.79 Å². The first kappa shape index (κ1) is 14.4. The molecule has 1 aromatic carbocycles. The van der Waals surface area contributed by atoms with Gasteiger partial charge >= 0.3 is 12.1 Å². The second-order valence-electron chi connectivity index (χ2n) is 3.19. The predicted octanol–water partition coefficient (Wildman–Crippen LogP) is 4.03. The lowest BCUT2D eigenvalue weighted by molar-refractivity contribution is -0.138. The predicted molar refractivity (Wildman–Crippen MR) is 63.3 cm³/mol. The Kier molecular flexibility index (Phi) is 4.48. The molecule has 1 N–H and O–H groups in total. The fourth-order valence-electron chi connectivity index (χ4n) is 1.34. The Bertz CT molecular complexity index is 446. The summed E-state index contributed by atoms with van der Waals surface area (Å²) >= 11 is 4.13. The Morgan fingerprint density at radius 2 is 2.06 bits per heavy atom. The number of rotatable bonds is 3. The maximum absolute atomic E-state index is 12.7. The molecular weight excluding hydrogens is 321 g/mol. The van der Waals surface area contributed by atoms with E-state index in [9.17, 15) is 18.0 Å². The molecule has 0 atom stereocenters. The summed E-state index contributed by atoms with van der Waals surface area (Å²) in [6, 6.07) is 1.76. The van der Waals surface area contributed by atoms with Crippen LogP contribution >= 0.6 is 27.7 Å². The number of carboxylic acid groups (broad SMARTS) is 1. The zero-order valence-electron chi connectivity index (χ0n) is 8.64. The van der Waals surface area contributed by atoms with Gasteiger partial charge in [-0.3, -0.25) is 0 Å². The fourth-order valence-corrected chi connectivity index (χ4v) is 2.77. The van der Waals surface area contributed by atoms with Gasteiger partial charge in [-0.2, -0.15) is 24.9 Å². The minimum absolute atomic E-state index is 0.00539. The van der Waals surface area contributed by atoms with Crippen molar-refractivity contribution in [1.82, 2.24) is 0 Å². The zero-order valence-corrected chi connectivity index (χ0v) is 11.0. The molecule has 0 saturated carbocycles. The molecule has 0 aliphatic carbocycles. The van der Waals surface area contributed by atoms with E-state index in [0.717, 1.165) is 12.1 Å². The molecule has 7 heteroatoms. The van der Waals surface area contributed by atoms with Gasteiger partial charge in [0, 0.05) is 10.2 Å².